The number of rotatable bonds is 7. The molecular formula is C28H34N2O5. The standard InChI is InChI=1S/C28H34N2O5/c1-4-18(2)24(25(31)30-16-10-9-15-28(30,3)26(32)33)29-27(34)35-17-23-21-13-7-5-11-19(21)20-12-6-8-14-22(20)23/h5-8,11-14,18,23-24H,4,9-10,15-17H2,1-3H3,(H,29,34)(H,32,33)/t18?,24-,28?/m0/s1. The largest absolute Gasteiger partial charge is 0.480 e. The van der Waals surface area contributed by atoms with Crippen LogP contribution in [0.3, 0.4) is 0 Å². The van der Waals surface area contributed by atoms with Gasteiger partial charge < -0.3 is 20.1 Å². The molecule has 186 valence electrons. The van der Waals surface area contributed by atoms with Crippen LogP contribution >= 0.6 is 0 Å². The lowest BCUT2D eigenvalue weighted by Gasteiger charge is -2.43. The molecule has 1 aliphatic heterocycles. The Balaban J connectivity index is 1.48. The highest BCUT2D eigenvalue weighted by Crippen LogP contribution is 2.44. The van der Waals surface area contributed by atoms with Crippen LogP contribution in [0, 0.1) is 5.92 Å². The molecule has 4 rings (SSSR count). The summed E-state index contributed by atoms with van der Waals surface area (Å²) in [6.45, 7) is 5.93. The van der Waals surface area contributed by atoms with E-state index in [-0.39, 0.29) is 24.3 Å². The van der Waals surface area contributed by atoms with Gasteiger partial charge in [0.2, 0.25) is 5.91 Å². The molecular weight excluding hydrogens is 444 g/mol. The number of benzene rings is 2. The summed E-state index contributed by atoms with van der Waals surface area (Å²) in [5, 5.41) is 12.6. The fraction of sp³-hybridized carbons (Fsp3) is 0.464. The van der Waals surface area contributed by atoms with Crippen LogP contribution in [-0.4, -0.2) is 52.7 Å². The van der Waals surface area contributed by atoms with Gasteiger partial charge in [-0.25, -0.2) is 9.59 Å². The molecule has 2 aliphatic rings. The van der Waals surface area contributed by atoms with Gasteiger partial charge in [0.15, 0.2) is 0 Å². The Hall–Kier alpha value is -3.35. The van der Waals surface area contributed by atoms with Crippen LogP contribution < -0.4 is 5.32 Å². The smallest absolute Gasteiger partial charge is 0.407 e. The van der Waals surface area contributed by atoms with Crippen LogP contribution in [0.2, 0.25) is 0 Å². The molecule has 1 fully saturated rings. The predicted molar refractivity (Wildman–Crippen MR) is 133 cm³/mol. The maximum absolute atomic E-state index is 13.5. The molecule has 2 unspecified atom stereocenters. The van der Waals surface area contributed by atoms with Gasteiger partial charge in [-0.3, -0.25) is 4.79 Å². The van der Waals surface area contributed by atoms with Crippen LogP contribution in [0.15, 0.2) is 48.5 Å². The molecule has 35 heavy (non-hydrogen) atoms. The minimum Gasteiger partial charge on any atom is -0.480 e. The third kappa shape index (κ3) is 4.64. The number of ether oxygens (including phenoxy) is 1. The highest BCUT2D eigenvalue weighted by molar-refractivity contribution is 5.91. The molecule has 2 amide bonds. The zero-order valence-corrected chi connectivity index (χ0v) is 20.6. The summed E-state index contributed by atoms with van der Waals surface area (Å²) in [6, 6.07) is 15.4. The van der Waals surface area contributed by atoms with Gasteiger partial charge in [0.05, 0.1) is 0 Å². The van der Waals surface area contributed by atoms with E-state index in [0.29, 0.717) is 19.4 Å². The van der Waals surface area contributed by atoms with E-state index in [0.717, 1.165) is 35.1 Å². The van der Waals surface area contributed by atoms with Gasteiger partial charge in [0.25, 0.3) is 0 Å². The summed E-state index contributed by atoms with van der Waals surface area (Å²) >= 11 is 0. The lowest BCUT2D eigenvalue weighted by molar-refractivity contribution is -0.162. The number of fused-ring (bicyclic) bond motifs is 3. The van der Waals surface area contributed by atoms with Crippen molar-refractivity contribution in [3.63, 3.8) is 0 Å². The molecule has 0 radical (unpaired) electrons. The van der Waals surface area contributed by atoms with E-state index in [9.17, 15) is 19.5 Å². The average Bonchev–Trinajstić information content (AvgIpc) is 3.19. The predicted octanol–water partition coefficient (Wildman–Crippen LogP) is 4.80. The molecule has 3 atom stereocenters. The number of alkyl carbamates (subject to hydrolysis) is 1. The van der Waals surface area contributed by atoms with Crippen molar-refractivity contribution in [2.45, 2.75) is 64.0 Å². The number of nitrogens with one attached hydrogen (secondary N) is 1. The zero-order valence-electron chi connectivity index (χ0n) is 20.6. The molecule has 7 nitrogen and oxygen atoms in total. The number of carbonyl (C=O) groups excluding carboxylic acids is 2. The Labute approximate surface area is 206 Å². The molecule has 1 heterocycles. The first-order valence-electron chi connectivity index (χ1n) is 12.4. The highest BCUT2D eigenvalue weighted by Gasteiger charge is 2.46. The van der Waals surface area contributed by atoms with Crippen molar-refractivity contribution in [3.05, 3.63) is 59.7 Å². The van der Waals surface area contributed by atoms with E-state index in [1.54, 1.807) is 6.92 Å². The average molecular weight is 479 g/mol. The first-order chi connectivity index (χ1) is 16.8. The lowest BCUT2D eigenvalue weighted by atomic mass is 9.86. The molecule has 2 aromatic rings. The molecule has 0 bridgehead atoms. The third-order valence-electron chi connectivity index (χ3n) is 7.71. The van der Waals surface area contributed by atoms with Crippen LogP contribution in [0.5, 0.6) is 0 Å². The number of hydrogen-bond acceptors (Lipinski definition) is 4. The van der Waals surface area contributed by atoms with Gasteiger partial charge in [-0.1, -0.05) is 68.8 Å². The molecule has 2 aromatic carbocycles. The van der Waals surface area contributed by atoms with E-state index in [4.69, 9.17) is 4.74 Å². The number of amides is 2. The van der Waals surface area contributed by atoms with Gasteiger partial charge in [-0.15, -0.1) is 0 Å². The Bertz CT molecular complexity index is 1070. The number of carboxylic acid groups (broad SMARTS) is 1. The number of nitrogens with zero attached hydrogens (tertiary/aromatic N) is 1. The second-order valence-electron chi connectivity index (χ2n) is 9.86. The Morgan fingerprint density at radius 2 is 1.69 bits per heavy atom. The Morgan fingerprint density at radius 1 is 1.09 bits per heavy atom. The summed E-state index contributed by atoms with van der Waals surface area (Å²) in [5.41, 5.74) is 3.23. The minimum atomic E-state index is -1.27. The lowest BCUT2D eigenvalue weighted by Crippen LogP contribution is -2.62. The van der Waals surface area contributed by atoms with Gasteiger partial charge in [0, 0.05) is 12.5 Å². The number of hydrogen-bond donors (Lipinski definition) is 2. The topological polar surface area (TPSA) is 95.9 Å². The van der Waals surface area contributed by atoms with Crippen molar-refractivity contribution in [3.8, 4) is 11.1 Å². The summed E-state index contributed by atoms with van der Waals surface area (Å²) < 4.78 is 5.66. The monoisotopic (exact) mass is 478 g/mol. The van der Waals surface area contributed by atoms with E-state index in [2.05, 4.69) is 29.6 Å². The van der Waals surface area contributed by atoms with Crippen LogP contribution in [0.4, 0.5) is 4.79 Å². The second-order valence-corrected chi connectivity index (χ2v) is 9.86. The molecule has 0 saturated carbocycles. The van der Waals surface area contributed by atoms with Crippen molar-refractivity contribution >= 4 is 18.0 Å². The van der Waals surface area contributed by atoms with Crippen LogP contribution in [0.1, 0.15) is 63.5 Å². The molecule has 1 aliphatic carbocycles. The van der Waals surface area contributed by atoms with Gasteiger partial charge in [0.1, 0.15) is 18.2 Å². The highest BCUT2D eigenvalue weighted by atomic mass is 16.5. The number of carbonyl (C=O) groups is 3. The minimum absolute atomic E-state index is 0.0803. The van der Waals surface area contributed by atoms with E-state index in [1.807, 2.05) is 38.1 Å². The number of piperidine rings is 1. The molecule has 0 spiro atoms. The Morgan fingerprint density at radius 3 is 2.26 bits per heavy atom. The normalized spacial score (nSPS) is 20.9. The maximum Gasteiger partial charge on any atom is 0.407 e. The van der Waals surface area contributed by atoms with Crippen LogP contribution in [-0.2, 0) is 14.3 Å². The maximum atomic E-state index is 13.5. The molecule has 0 aromatic heterocycles. The SMILES string of the molecule is CCC(C)[C@H](NC(=O)OCC1c2ccccc2-c2ccccc21)C(=O)N1CCCCC1(C)C(=O)O. The van der Waals surface area contributed by atoms with E-state index >= 15 is 0 Å². The van der Waals surface area contributed by atoms with Crippen molar-refractivity contribution in [1.82, 2.24) is 10.2 Å². The fourth-order valence-electron chi connectivity index (χ4n) is 5.31. The second kappa shape index (κ2) is 10.1. The van der Waals surface area contributed by atoms with Crippen molar-refractivity contribution in [2.24, 2.45) is 5.92 Å². The summed E-state index contributed by atoms with van der Waals surface area (Å²) in [7, 11) is 0. The van der Waals surface area contributed by atoms with Crippen molar-refractivity contribution in [2.75, 3.05) is 13.2 Å². The number of likely N-dealkylation sites (tertiary alicyclic amines) is 1. The molecule has 2 N–H and O–H groups in total. The van der Waals surface area contributed by atoms with Crippen molar-refractivity contribution in [1.29, 1.82) is 0 Å². The van der Waals surface area contributed by atoms with Gasteiger partial charge in [-0.2, -0.15) is 0 Å². The van der Waals surface area contributed by atoms with Gasteiger partial charge in [-0.05, 0) is 54.4 Å². The van der Waals surface area contributed by atoms with Crippen molar-refractivity contribution < 1.29 is 24.2 Å². The van der Waals surface area contributed by atoms with E-state index < -0.39 is 23.6 Å². The number of aliphatic carboxylic acids is 1. The van der Waals surface area contributed by atoms with E-state index in [1.165, 1.54) is 4.90 Å². The first kappa shape index (κ1) is 24.8. The van der Waals surface area contributed by atoms with Crippen LogP contribution in [0.25, 0.3) is 11.1 Å². The quantitative estimate of drug-likeness (QED) is 0.596. The summed E-state index contributed by atoms with van der Waals surface area (Å²) in [4.78, 5) is 39.9. The summed E-state index contributed by atoms with van der Waals surface area (Å²) in [6.07, 6.45) is 1.87. The Kier molecular flexibility index (Phi) is 7.15. The molecule has 7 heteroatoms. The third-order valence-corrected chi connectivity index (χ3v) is 7.71. The first-order valence-corrected chi connectivity index (χ1v) is 12.4. The zero-order chi connectivity index (χ0) is 25.2. The molecule has 1 saturated heterocycles. The number of carboxylic acids is 1. The van der Waals surface area contributed by atoms with Gasteiger partial charge >= 0.3 is 12.1 Å². The fourth-order valence-corrected chi connectivity index (χ4v) is 5.31. The summed E-state index contributed by atoms with van der Waals surface area (Å²) in [5.74, 6) is -1.64.